The summed E-state index contributed by atoms with van der Waals surface area (Å²) in [5.74, 6) is -0.934. The lowest BCUT2D eigenvalue weighted by atomic mass is 10.2. The summed E-state index contributed by atoms with van der Waals surface area (Å²) < 4.78 is 24.3. The van der Waals surface area contributed by atoms with Gasteiger partial charge in [-0.1, -0.05) is 23.7 Å². The van der Waals surface area contributed by atoms with Gasteiger partial charge in [0.05, 0.1) is 22.2 Å². The zero-order valence-corrected chi connectivity index (χ0v) is 15.6. The molecule has 4 rings (SSSR count). The molecule has 6 nitrogen and oxygen atoms in total. The van der Waals surface area contributed by atoms with Gasteiger partial charge in [-0.25, -0.2) is 19.2 Å². The first kappa shape index (κ1) is 18.6. The van der Waals surface area contributed by atoms with Crippen LogP contribution >= 0.6 is 11.6 Å². The minimum Gasteiger partial charge on any atom is -0.458 e. The monoisotopic (exact) mass is 401 g/mol. The molecular formula is C20H17ClFN3O3. The van der Waals surface area contributed by atoms with Gasteiger partial charge in [-0.3, -0.25) is 0 Å². The molecule has 1 aliphatic rings. The minimum atomic E-state index is -0.607. The zero-order valence-electron chi connectivity index (χ0n) is 14.8. The van der Waals surface area contributed by atoms with Crippen molar-refractivity contribution in [3.63, 3.8) is 0 Å². The number of anilines is 2. The molecule has 2 aromatic carbocycles. The van der Waals surface area contributed by atoms with Crippen molar-refractivity contribution in [2.45, 2.75) is 18.9 Å². The molecule has 0 amide bonds. The van der Waals surface area contributed by atoms with E-state index in [0.717, 1.165) is 12.8 Å². The van der Waals surface area contributed by atoms with E-state index in [0.29, 0.717) is 23.3 Å². The van der Waals surface area contributed by atoms with Gasteiger partial charge in [0.1, 0.15) is 12.4 Å². The van der Waals surface area contributed by atoms with Crippen LogP contribution in [-0.2, 0) is 9.47 Å². The van der Waals surface area contributed by atoms with Gasteiger partial charge >= 0.3 is 5.97 Å². The largest absolute Gasteiger partial charge is 0.458 e. The molecule has 1 atom stereocenters. The maximum absolute atomic E-state index is 13.4. The van der Waals surface area contributed by atoms with Crippen LogP contribution in [0.15, 0.2) is 42.5 Å². The van der Waals surface area contributed by atoms with Crippen molar-refractivity contribution in [1.82, 2.24) is 9.97 Å². The maximum Gasteiger partial charge on any atom is 0.360 e. The number of ether oxygens (including phenoxy) is 2. The second kappa shape index (κ2) is 8.08. The van der Waals surface area contributed by atoms with E-state index >= 15 is 0 Å². The molecule has 0 spiro atoms. The smallest absolute Gasteiger partial charge is 0.360 e. The molecule has 1 aromatic heterocycles. The summed E-state index contributed by atoms with van der Waals surface area (Å²) in [6.07, 6.45) is 1.72. The van der Waals surface area contributed by atoms with Crippen LogP contribution in [0.25, 0.3) is 11.0 Å². The molecule has 1 aliphatic heterocycles. The lowest BCUT2D eigenvalue weighted by Gasteiger charge is -2.13. The van der Waals surface area contributed by atoms with Crippen molar-refractivity contribution >= 4 is 40.1 Å². The molecule has 2 heterocycles. The van der Waals surface area contributed by atoms with Gasteiger partial charge in [-0.2, -0.15) is 0 Å². The summed E-state index contributed by atoms with van der Waals surface area (Å²) >= 11 is 5.84. The third kappa shape index (κ3) is 4.05. The SMILES string of the molecule is O=C(OCC1CCCO1)c1nc2ccccc2nc1Nc1ccc(F)c(Cl)c1. The van der Waals surface area contributed by atoms with Crippen LogP contribution in [0.2, 0.25) is 5.02 Å². The van der Waals surface area contributed by atoms with E-state index in [9.17, 15) is 9.18 Å². The van der Waals surface area contributed by atoms with E-state index in [1.54, 1.807) is 12.1 Å². The number of nitrogens with one attached hydrogen (secondary N) is 1. The number of aromatic nitrogens is 2. The van der Waals surface area contributed by atoms with Crippen LogP contribution < -0.4 is 5.32 Å². The molecule has 28 heavy (non-hydrogen) atoms. The summed E-state index contributed by atoms with van der Waals surface area (Å²) in [7, 11) is 0. The Kier molecular flexibility index (Phi) is 5.36. The summed E-state index contributed by atoms with van der Waals surface area (Å²) in [5, 5.41) is 2.94. The number of nitrogens with zero attached hydrogens (tertiary/aromatic N) is 2. The normalized spacial score (nSPS) is 16.3. The number of para-hydroxylation sites is 2. The highest BCUT2D eigenvalue weighted by Crippen LogP contribution is 2.25. The average Bonchev–Trinajstić information content (AvgIpc) is 3.22. The van der Waals surface area contributed by atoms with Gasteiger partial charge in [0.25, 0.3) is 0 Å². The number of hydrogen-bond acceptors (Lipinski definition) is 6. The van der Waals surface area contributed by atoms with Crippen molar-refractivity contribution in [3.05, 3.63) is 59.0 Å². The van der Waals surface area contributed by atoms with Gasteiger partial charge in [0.2, 0.25) is 0 Å². The fourth-order valence-corrected chi connectivity index (χ4v) is 3.13. The number of rotatable bonds is 5. The Morgan fingerprint density at radius 1 is 1.25 bits per heavy atom. The van der Waals surface area contributed by atoms with Gasteiger partial charge in [0, 0.05) is 12.3 Å². The Hall–Kier alpha value is -2.77. The minimum absolute atomic E-state index is 0.0390. The summed E-state index contributed by atoms with van der Waals surface area (Å²) in [4.78, 5) is 21.6. The molecule has 1 fully saturated rings. The predicted octanol–water partition coefficient (Wildman–Crippen LogP) is 4.50. The summed E-state index contributed by atoms with van der Waals surface area (Å²) in [6.45, 7) is 0.839. The maximum atomic E-state index is 13.4. The number of esters is 1. The molecule has 0 radical (unpaired) electrons. The highest BCUT2D eigenvalue weighted by atomic mass is 35.5. The quantitative estimate of drug-likeness (QED) is 0.634. The van der Waals surface area contributed by atoms with Crippen LogP contribution in [-0.4, -0.2) is 35.3 Å². The number of halogens is 2. The fraction of sp³-hybridized carbons (Fsp3) is 0.250. The first-order valence-corrected chi connectivity index (χ1v) is 9.25. The highest BCUT2D eigenvalue weighted by molar-refractivity contribution is 6.31. The average molecular weight is 402 g/mol. The van der Waals surface area contributed by atoms with Gasteiger partial charge in [-0.05, 0) is 43.2 Å². The van der Waals surface area contributed by atoms with Crippen molar-refractivity contribution < 1.29 is 18.7 Å². The third-order valence-corrected chi connectivity index (χ3v) is 4.66. The van der Waals surface area contributed by atoms with Crippen molar-refractivity contribution in [3.8, 4) is 0 Å². The third-order valence-electron chi connectivity index (χ3n) is 4.37. The number of fused-ring (bicyclic) bond motifs is 1. The molecule has 1 N–H and O–H groups in total. The lowest BCUT2D eigenvalue weighted by Crippen LogP contribution is -2.19. The van der Waals surface area contributed by atoms with Crippen molar-refractivity contribution in [2.75, 3.05) is 18.5 Å². The molecule has 0 bridgehead atoms. The molecule has 0 aliphatic carbocycles. The molecule has 8 heteroatoms. The van der Waals surface area contributed by atoms with E-state index in [1.807, 2.05) is 12.1 Å². The molecule has 1 unspecified atom stereocenters. The number of carbonyl (C=O) groups is 1. The zero-order chi connectivity index (χ0) is 19.5. The van der Waals surface area contributed by atoms with Gasteiger partial charge in [0.15, 0.2) is 11.5 Å². The predicted molar refractivity (Wildman–Crippen MR) is 103 cm³/mol. The van der Waals surface area contributed by atoms with Crippen LogP contribution in [0.5, 0.6) is 0 Å². The van der Waals surface area contributed by atoms with E-state index in [2.05, 4.69) is 15.3 Å². The first-order chi connectivity index (χ1) is 13.6. The highest BCUT2D eigenvalue weighted by Gasteiger charge is 2.22. The van der Waals surface area contributed by atoms with Crippen LogP contribution in [0.4, 0.5) is 15.9 Å². The summed E-state index contributed by atoms with van der Waals surface area (Å²) in [6, 6.07) is 11.3. The van der Waals surface area contributed by atoms with Gasteiger partial charge in [-0.15, -0.1) is 0 Å². The van der Waals surface area contributed by atoms with Crippen LogP contribution in [0.1, 0.15) is 23.3 Å². The molecule has 1 saturated heterocycles. The molecule has 144 valence electrons. The molecular weight excluding hydrogens is 385 g/mol. The van der Waals surface area contributed by atoms with Crippen LogP contribution in [0, 0.1) is 5.82 Å². The Bertz CT molecular complexity index is 1020. The Morgan fingerprint density at radius 3 is 2.75 bits per heavy atom. The Morgan fingerprint density at radius 2 is 2.04 bits per heavy atom. The Balaban J connectivity index is 1.65. The van der Waals surface area contributed by atoms with Gasteiger partial charge < -0.3 is 14.8 Å². The second-order valence-electron chi connectivity index (χ2n) is 6.40. The van der Waals surface area contributed by atoms with E-state index < -0.39 is 11.8 Å². The van der Waals surface area contributed by atoms with Crippen molar-refractivity contribution in [1.29, 1.82) is 0 Å². The standard InChI is InChI=1S/C20H17ClFN3O3/c21-14-10-12(7-8-15(14)22)23-19-18(20(26)28-11-13-4-3-9-27-13)24-16-5-1-2-6-17(16)25-19/h1-2,5-8,10,13H,3-4,9,11H2,(H,23,25). The van der Waals surface area contributed by atoms with E-state index in [4.69, 9.17) is 21.1 Å². The summed E-state index contributed by atoms with van der Waals surface area (Å²) in [5.41, 5.74) is 1.68. The Labute approximate surface area is 165 Å². The number of benzene rings is 2. The van der Waals surface area contributed by atoms with E-state index in [1.165, 1.54) is 18.2 Å². The van der Waals surface area contributed by atoms with Crippen LogP contribution in [0.3, 0.4) is 0 Å². The van der Waals surface area contributed by atoms with Crippen molar-refractivity contribution in [2.24, 2.45) is 0 Å². The number of hydrogen-bond donors (Lipinski definition) is 1. The fourth-order valence-electron chi connectivity index (χ4n) is 2.95. The lowest BCUT2D eigenvalue weighted by molar-refractivity contribution is 0.0157. The topological polar surface area (TPSA) is 73.3 Å². The first-order valence-electron chi connectivity index (χ1n) is 8.88. The number of carbonyl (C=O) groups excluding carboxylic acids is 1. The molecule has 0 saturated carbocycles. The van der Waals surface area contributed by atoms with E-state index in [-0.39, 0.29) is 29.2 Å². The molecule has 3 aromatic rings. The second-order valence-corrected chi connectivity index (χ2v) is 6.80.